The van der Waals surface area contributed by atoms with Gasteiger partial charge in [-0.3, -0.25) is 4.79 Å². The molecule has 0 bridgehead atoms. The molecule has 1 aliphatic heterocycles. The second-order valence-electron chi connectivity index (χ2n) is 7.47. The monoisotopic (exact) mass is 379 g/mol. The Kier molecular flexibility index (Phi) is 7.06. The molecule has 2 N–H and O–H groups in total. The summed E-state index contributed by atoms with van der Waals surface area (Å²) in [5, 5.41) is 5.97. The Morgan fingerprint density at radius 1 is 1.07 bits per heavy atom. The van der Waals surface area contributed by atoms with Crippen LogP contribution in [0.4, 0.5) is 10.5 Å². The molecule has 0 radical (unpaired) electrons. The fourth-order valence-electron chi connectivity index (χ4n) is 3.60. The smallest absolute Gasteiger partial charge is 0.317 e. The summed E-state index contributed by atoms with van der Waals surface area (Å²) in [7, 11) is 0. The summed E-state index contributed by atoms with van der Waals surface area (Å²) in [6.45, 7) is 3.98. The number of amides is 3. The van der Waals surface area contributed by atoms with Gasteiger partial charge in [0.05, 0.1) is 5.92 Å². The Morgan fingerprint density at radius 2 is 1.75 bits per heavy atom. The Morgan fingerprint density at radius 3 is 2.46 bits per heavy atom. The number of urea groups is 1. The number of hydrogen-bond acceptors (Lipinski definition) is 2. The predicted octanol–water partition coefficient (Wildman–Crippen LogP) is 4.24. The fourth-order valence-corrected chi connectivity index (χ4v) is 3.60. The van der Waals surface area contributed by atoms with Gasteiger partial charge in [-0.05, 0) is 42.9 Å². The van der Waals surface area contributed by atoms with Crippen molar-refractivity contribution in [1.82, 2.24) is 10.2 Å². The number of carbonyl (C=O) groups is 2. The highest BCUT2D eigenvalue weighted by Crippen LogP contribution is 2.20. The van der Waals surface area contributed by atoms with Crippen LogP contribution in [0.5, 0.6) is 0 Å². The van der Waals surface area contributed by atoms with Crippen molar-refractivity contribution in [2.75, 3.05) is 25.0 Å². The standard InChI is InChI=1S/C23H29N3O2/c1-18(19-9-4-2-5-10-19)14-15-24-23(28)26-16-8-11-20(17-26)22(27)25-21-12-6-3-7-13-21/h2-7,9-10,12-13,18,20H,8,11,14-17H2,1H3,(H,24,28)(H,25,27). The van der Waals surface area contributed by atoms with Crippen molar-refractivity contribution in [1.29, 1.82) is 0 Å². The number of piperidine rings is 1. The number of nitrogens with one attached hydrogen (secondary N) is 2. The van der Waals surface area contributed by atoms with Crippen molar-refractivity contribution in [3.8, 4) is 0 Å². The second-order valence-corrected chi connectivity index (χ2v) is 7.47. The van der Waals surface area contributed by atoms with E-state index >= 15 is 0 Å². The number of para-hydroxylation sites is 1. The molecule has 1 aliphatic rings. The van der Waals surface area contributed by atoms with Gasteiger partial charge in [0, 0.05) is 25.3 Å². The van der Waals surface area contributed by atoms with Crippen molar-refractivity contribution >= 4 is 17.6 Å². The Labute approximate surface area is 167 Å². The van der Waals surface area contributed by atoms with Gasteiger partial charge in [0.15, 0.2) is 0 Å². The maximum Gasteiger partial charge on any atom is 0.317 e. The molecule has 3 amide bonds. The first-order valence-electron chi connectivity index (χ1n) is 10.1. The first-order valence-corrected chi connectivity index (χ1v) is 10.1. The molecule has 2 aromatic carbocycles. The van der Waals surface area contributed by atoms with E-state index in [9.17, 15) is 9.59 Å². The Balaban J connectivity index is 1.44. The number of likely N-dealkylation sites (tertiary alicyclic amines) is 1. The minimum atomic E-state index is -0.164. The highest BCUT2D eigenvalue weighted by atomic mass is 16.2. The zero-order chi connectivity index (χ0) is 19.8. The minimum absolute atomic E-state index is 0.0126. The van der Waals surface area contributed by atoms with Crippen molar-refractivity contribution in [2.24, 2.45) is 5.92 Å². The van der Waals surface area contributed by atoms with Gasteiger partial charge in [-0.1, -0.05) is 55.5 Å². The van der Waals surface area contributed by atoms with Crippen molar-refractivity contribution < 1.29 is 9.59 Å². The van der Waals surface area contributed by atoms with Gasteiger partial charge in [-0.25, -0.2) is 4.79 Å². The number of rotatable bonds is 6. The summed E-state index contributed by atoms with van der Waals surface area (Å²) in [6.07, 6.45) is 2.55. The first-order chi connectivity index (χ1) is 13.6. The minimum Gasteiger partial charge on any atom is -0.338 e. The lowest BCUT2D eigenvalue weighted by Gasteiger charge is -2.32. The molecule has 1 heterocycles. The average Bonchev–Trinajstić information content (AvgIpc) is 2.75. The average molecular weight is 380 g/mol. The van der Waals surface area contributed by atoms with E-state index < -0.39 is 0 Å². The maximum absolute atomic E-state index is 12.5. The highest BCUT2D eigenvalue weighted by molar-refractivity contribution is 5.93. The van der Waals surface area contributed by atoms with Gasteiger partial charge in [0.25, 0.3) is 0 Å². The quantitative estimate of drug-likeness (QED) is 0.789. The van der Waals surface area contributed by atoms with E-state index in [0.717, 1.165) is 24.9 Å². The summed E-state index contributed by atoms with van der Waals surface area (Å²) in [6, 6.07) is 19.7. The van der Waals surface area contributed by atoms with Crippen molar-refractivity contribution in [2.45, 2.75) is 32.1 Å². The fraction of sp³-hybridized carbons (Fsp3) is 0.391. The van der Waals surface area contributed by atoms with Gasteiger partial charge < -0.3 is 15.5 Å². The van der Waals surface area contributed by atoms with E-state index in [1.54, 1.807) is 4.90 Å². The van der Waals surface area contributed by atoms with E-state index in [2.05, 4.69) is 29.7 Å². The zero-order valence-corrected chi connectivity index (χ0v) is 16.4. The number of hydrogen-bond donors (Lipinski definition) is 2. The van der Waals surface area contributed by atoms with Crippen LogP contribution in [-0.4, -0.2) is 36.5 Å². The first kappa shape index (κ1) is 19.9. The number of anilines is 1. The highest BCUT2D eigenvalue weighted by Gasteiger charge is 2.28. The van der Waals surface area contributed by atoms with Crippen LogP contribution in [0, 0.1) is 5.92 Å². The third-order valence-electron chi connectivity index (χ3n) is 5.34. The molecule has 148 valence electrons. The summed E-state index contributed by atoms with van der Waals surface area (Å²) >= 11 is 0. The molecule has 0 aliphatic carbocycles. The third-order valence-corrected chi connectivity index (χ3v) is 5.34. The molecule has 3 rings (SSSR count). The SMILES string of the molecule is CC(CCNC(=O)N1CCCC(C(=O)Nc2ccccc2)C1)c1ccccc1. The predicted molar refractivity (Wildman–Crippen MR) is 112 cm³/mol. The van der Waals surface area contributed by atoms with Crippen molar-refractivity contribution in [3.63, 3.8) is 0 Å². The molecule has 5 nitrogen and oxygen atoms in total. The molecule has 28 heavy (non-hydrogen) atoms. The second kappa shape index (κ2) is 9.93. The molecule has 0 saturated carbocycles. The van der Waals surface area contributed by atoms with E-state index in [4.69, 9.17) is 0 Å². The van der Waals surface area contributed by atoms with Crippen LogP contribution in [-0.2, 0) is 4.79 Å². The van der Waals surface area contributed by atoms with Crippen LogP contribution in [0.3, 0.4) is 0 Å². The summed E-state index contributed by atoms with van der Waals surface area (Å²) in [5.74, 6) is 0.219. The normalized spacial score (nSPS) is 17.6. The zero-order valence-electron chi connectivity index (χ0n) is 16.4. The molecule has 2 unspecified atom stereocenters. The van der Waals surface area contributed by atoms with Crippen LogP contribution >= 0.6 is 0 Å². The summed E-state index contributed by atoms with van der Waals surface area (Å²) in [4.78, 5) is 26.8. The summed E-state index contributed by atoms with van der Waals surface area (Å²) < 4.78 is 0. The van der Waals surface area contributed by atoms with Crippen LogP contribution in [0.2, 0.25) is 0 Å². The molecule has 2 atom stereocenters. The lowest BCUT2D eigenvalue weighted by atomic mass is 9.97. The number of carbonyl (C=O) groups excluding carboxylic acids is 2. The molecule has 1 saturated heterocycles. The molecule has 2 aromatic rings. The lowest BCUT2D eigenvalue weighted by molar-refractivity contribution is -0.121. The van der Waals surface area contributed by atoms with Gasteiger partial charge in [-0.15, -0.1) is 0 Å². The Hall–Kier alpha value is -2.82. The van der Waals surface area contributed by atoms with Crippen LogP contribution in [0.1, 0.15) is 37.7 Å². The van der Waals surface area contributed by atoms with Gasteiger partial charge in [0.2, 0.25) is 5.91 Å². The van der Waals surface area contributed by atoms with Crippen LogP contribution in [0.25, 0.3) is 0 Å². The maximum atomic E-state index is 12.5. The molecule has 0 aromatic heterocycles. The van der Waals surface area contributed by atoms with Crippen LogP contribution < -0.4 is 10.6 Å². The molecule has 5 heteroatoms. The van der Waals surface area contributed by atoms with Crippen LogP contribution in [0.15, 0.2) is 60.7 Å². The van der Waals surface area contributed by atoms with Gasteiger partial charge in [0.1, 0.15) is 0 Å². The van der Waals surface area contributed by atoms with Crippen molar-refractivity contribution in [3.05, 3.63) is 66.2 Å². The molecular weight excluding hydrogens is 350 g/mol. The molecule has 1 fully saturated rings. The number of benzene rings is 2. The number of nitrogens with zero attached hydrogens (tertiary/aromatic N) is 1. The van der Waals surface area contributed by atoms with E-state index in [1.807, 2.05) is 48.5 Å². The molecular formula is C23H29N3O2. The molecule has 0 spiro atoms. The largest absolute Gasteiger partial charge is 0.338 e. The van der Waals surface area contributed by atoms with Gasteiger partial charge >= 0.3 is 6.03 Å². The van der Waals surface area contributed by atoms with E-state index in [-0.39, 0.29) is 17.9 Å². The topological polar surface area (TPSA) is 61.4 Å². The lowest BCUT2D eigenvalue weighted by Crippen LogP contribution is -2.48. The third kappa shape index (κ3) is 5.59. The van der Waals surface area contributed by atoms with E-state index in [0.29, 0.717) is 25.6 Å². The Bertz CT molecular complexity index is 764. The van der Waals surface area contributed by atoms with E-state index in [1.165, 1.54) is 5.56 Å². The summed E-state index contributed by atoms with van der Waals surface area (Å²) in [5.41, 5.74) is 2.08. The van der Waals surface area contributed by atoms with Gasteiger partial charge in [-0.2, -0.15) is 0 Å².